The second kappa shape index (κ2) is 5.97. The molecule has 0 saturated heterocycles. The standard InChI is InChI=1S/C12H9ClF3N3S/c1-7-4-10(12(14,15)16)19-11(18-7)6-20-9-2-3-17-5-8(9)13/h2-5H,6H2,1H3. The fourth-order valence-electron chi connectivity index (χ4n) is 1.46. The molecule has 0 unspecified atom stereocenters. The van der Waals surface area contributed by atoms with Crippen LogP contribution in [0.3, 0.4) is 0 Å². The molecule has 0 aliphatic heterocycles. The third-order valence-corrected chi connectivity index (χ3v) is 3.77. The van der Waals surface area contributed by atoms with E-state index in [1.54, 1.807) is 12.3 Å². The summed E-state index contributed by atoms with van der Waals surface area (Å²) in [4.78, 5) is 12.1. The lowest BCUT2D eigenvalue weighted by Gasteiger charge is -2.09. The lowest BCUT2D eigenvalue weighted by Crippen LogP contribution is -2.11. The van der Waals surface area contributed by atoms with Crippen LogP contribution >= 0.6 is 23.4 Å². The van der Waals surface area contributed by atoms with Crippen molar-refractivity contribution in [3.05, 3.63) is 46.8 Å². The molecule has 0 aliphatic carbocycles. The lowest BCUT2D eigenvalue weighted by molar-refractivity contribution is -0.141. The number of rotatable bonds is 3. The van der Waals surface area contributed by atoms with E-state index in [-0.39, 0.29) is 17.3 Å². The minimum absolute atomic E-state index is 0.121. The van der Waals surface area contributed by atoms with Gasteiger partial charge in [0.05, 0.1) is 10.8 Å². The van der Waals surface area contributed by atoms with Crippen molar-refractivity contribution in [1.82, 2.24) is 15.0 Å². The van der Waals surface area contributed by atoms with E-state index >= 15 is 0 Å². The van der Waals surface area contributed by atoms with Crippen LogP contribution in [0.25, 0.3) is 0 Å². The fourth-order valence-corrected chi connectivity index (χ4v) is 2.51. The second-order valence-electron chi connectivity index (χ2n) is 3.90. The Morgan fingerprint density at radius 3 is 2.70 bits per heavy atom. The van der Waals surface area contributed by atoms with Crippen LogP contribution in [0.5, 0.6) is 0 Å². The normalized spacial score (nSPS) is 11.7. The summed E-state index contributed by atoms with van der Waals surface area (Å²) in [5.74, 6) is 0.323. The number of pyridine rings is 1. The molecule has 0 fully saturated rings. The van der Waals surface area contributed by atoms with Crippen molar-refractivity contribution in [2.75, 3.05) is 0 Å². The van der Waals surface area contributed by atoms with Gasteiger partial charge in [0.2, 0.25) is 0 Å². The van der Waals surface area contributed by atoms with Crippen molar-refractivity contribution in [3.8, 4) is 0 Å². The Morgan fingerprint density at radius 2 is 2.05 bits per heavy atom. The summed E-state index contributed by atoms with van der Waals surface area (Å²) < 4.78 is 37.9. The zero-order chi connectivity index (χ0) is 14.8. The second-order valence-corrected chi connectivity index (χ2v) is 5.33. The summed E-state index contributed by atoms with van der Waals surface area (Å²) in [5.41, 5.74) is -0.648. The molecule has 20 heavy (non-hydrogen) atoms. The highest BCUT2D eigenvalue weighted by molar-refractivity contribution is 7.98. The van der Waals surface area contributed by atoms with Crippen LogP contribution in [0.2, 0.25) is 5.02 Å². The van der Waals surface area contributed by atoms with Crippen molar-refractivity contribution in [2.24, 2.45) is 0 Å². The first-order chi connectivity index (χ1) is 9.36. The molecule has 3 nitrogen and oxygen atoms in total. The molecule has 0 aromatic carbocycles. The molecule has 0 aliphatic rings. The van der Waals surface area contributed by atoms with Gasteiger partial charge >= 0.3 is 6.18 Å². The Kier molecular flexibility index (Phi) is 4.49. The van der Waals surface area contributed by atoms with E-state index in [2.05, 4.69) is 15.0 Å². The minimum Gasteiger partial charge on any atom is -0.263 e. The van der Waals surface area contributed by atoms with Gasteiger partial charge in [-0.05, 0) is 19.1 Å². The summed E-state index contributed by atoms with van der Waals surface area (Å²) in [7, 11) is 0. The summed E-state index contributed by atoms with van der Waals surface area (Å²) in [6, 6.07) is 2.61. The highest BCUT2D eigenvalue weighted by atomic mass is 35.5. The molecule has 2 heterocycles. The predicted octanol–water partition coefficient (Wildman–Crippen LogP) is 4.14. The molecular formula is C12H9ClF3N3S. The molecule has 2 aromatic rings. The number of aromatic nitrogens is 3. The van der Waals surface area contributed by atoms with Gasteiger partial charge in [-0.25, -0.2) is 9.97 Å². The molecular weight excluding hydrogens is 311 g/mol. The van der Waals surface area contributed by atoms with Crippen LogP contribution in [0.1, 0.15) is 17.2 Å². The van der Waals surface area contributed by atoms with Crippen LogP contribution in [0.15, 0.2) is 29.4 Å². The molecule has 0 amide bonds. The average molecular weight is 320 g/mol. The maximum atomic E-state index is 12.6. The van der Waals surface area contributed by atoms with E-state index in [4.69, 9.17) is 11.6 Å². The van der Waals surface area contributed by atoms with Crippen LogP contribution in [-0.2, 0) is 11.9 Å². The maximum absolute atomic E-state index is 12.6. The molecule has 2 rings (SSSR count). The molecule has 8 heteroatoms. The number of alkyl halides is 3. The molecule has 0 saturated carbocycles. The van der Waals surface area contributed by atoms with Crippen molar-refractivity contribution >= 4 is 23.4 Å². The molecule has 106 valence electrons. The zero-order valence-corrected chi connectivity index (χ0v) is 11.9. The Labute approximate surface area is 122 Å². The maximum Gasteiger partial charge on any atom is 0.433 e. The van der Waals surface area contributed by atoms with Crippen LogP contribution in [0.4, 0.5) is 13.2 Å². The summed E-state index contributed by atoms with van der Waals surface area (Å²) in [6.07, 6.45) is -1.43. The van der Waals surface area contributed by atoms with Gasteiger partial charge in [0, 0.05) is 23.0 Å². The summed E-state index contributed by atoms with van der Waals surface area (Å²) in [6.45, 7) is 1.50. The highest BCUT2D eigenvalue weighted by Crippen LogP contribution is 2.30. The first-order valence-electron chi connectivity index (χ1n) is 5.50. The zero-order valence-electron chi connectivity index (χ0n) is 10.3. The SMILES string of the molecule is Cc1cc(C(F)(F)F)nc(CSc2ccncc2Cl)n1. The van der Waals surface area contributed by atoms with Crippen LogP contribution in [0, 0.1) is 6.92 Å². The van der Waals surface area contributed by atoms with Crippen LogP contribution in [-0.4, -0.2) is 15.0 Å². The van der Waals surface area contributed by atoms with Gasteiger partial charge in [-0.1, -0.05) is 11.6 Å². The smallest absolute Gasteiger partial charge is 0.263 e. The van der Waals surface area contributed by atoms with Gasteiger partial charge in [-0.2, -0.15) is 13.2 Å². The van der Waals surface area contributed by atoms with Gasteiger partial charge in [0.1, 0.15) is 11.5 Å². The van der Waals surface area contributed by atoms with E-state index in [0.717, 1.165) is 11.0 Å². The predicted molar refractivity (Wildman–Crippen MR) is 70.6 cm³/mol. The summed E-state index contributed by atoms with van der Waals surface area (Å²) >= 11 is 7.19. The number of hydrogen-bond acceptors (Lipinski definition) is 4. The number of aryl methyl sites for hydroxylation is 1. The van der Waals surface area contributed by atoms with Gasteiger partial charge in [-0.15, -0.1) is 11.8 Å². The van der Waals surface area contributed by atoms with Crippen molar-refractivity contribution in [2.45, 2.75) is 23.7 Å². The highest BCUT2D eigenvalue weighted by Gasteiger charge is 2.33. The molecule has 0 atom stereocenters. The van der Waals surface area contributed by atoms with E-state index in [0.29, 0.717) is 5.02 Å². The van der Waals surface area contributed by atoms with E-state index in [1.807, 2.05) is 0 Å². The lowest BCUT2D eigenvalue weighted by atomic mass is 10.3. The largest absolute Gasteiger partial charge is 0.433 e. The van der Waals surface area contributed by atoms with Gasteiger partial charge < -0.3 is 0 Å². The quantitative estimate of drug-likeness (QED) is 0.797. The van der Waals surface area contributed by atoms with Gasteiger partial charge in [0.15, 0.2) is 0 Å². The first kappa shape index (κ1) is 15.1. The Morgan fingerprint density at radius 1 is 1.30 bits per heavy atom. The molecule has 0 N–H and O–H groups in total. The van der Waals surface area contributed by atoms with Crippen molar-refractivity contribution < 1.29 is 13.2 Å². The fraction of sp³-hybridized carbons (Fsp3) is 0.250. The average Bonchev–Trinajstić information content (AvgIpc) is 2.36. The topological polar surface area (TPSA) is 38.7 Å². The number of nitrogens with zero attached hydrogens (tertiary/aromatic N) is 3. The van der Waals surface area contributed by atoms with Crippen LogP contribution < -0.4 is 0 Å². The van der Waals surface area contributed by atoms with Crippen molar-refractivity contribution in [1.29, 1.82) is 0 Å². The van der Waals surface area contributed by atoms with Gasteiger partial charge in [-0.3, -0.25) is 4.98 Å². The molecule has 0 spiro atoms. The Bertz CT molecular complexity index is 619. The molecule has 0 bridgehead atoms. The monoisotopic (exact) mass is 319 g/mol. The minimum atomic E-state index is -4.47. The molecule has 0 radical (unpaired) electrons. The Balaban J connectivity index is 2.18. The summed E-state index contributed by atoms with van der Waals surface area (Å²) in [5, 5.41) is 0.446. The third kappa shape index (κ3) is 3.83. The molecule has 2 aromatic heterocycles. The Hall–Kier alpha value is -1.34. The number of thioether (sulfide) groups is 1. The van der Waals surface area contributed by atoms with E-state index in [1.165, 1.54) is 24.9 Å². The van der Waals surface area contributed by atoms with Gasteiger partial charge in [0.25, 0.3) is 0 Å². The third-order valence-electron chi connectivity index (χ3n) is 2.28. The number of halogens is 4. The van der Waals surface area contributed by atoms with E-state index < -0.39 is 11.9 Å². The van der Waals surface area contributed by atoms with E-state index in [9.17, 15) is 13.2 Å². The first-order valence-corrected chi connectivity index (χ1v) is 6.86. The van der Waals surface area contributed by atoms with Crippen molar-refractivity contribution in [3.63, 3.8) is 0 Å². The number of hydrogen-bond donors (Lipinski definition) is 0.